The number of halogens is 1. The Morgan fingerprint density at radius 1 is 0.970 bits per heavy atom. The fourth-order valence-corrected chi connectivity index (χ4v) is 4.32. The zero-order valence-electron chi connectivity index (χ0n) is 18.3. The minimum absolute atomic E-state index is 0.323. The molecule has 0 saturated carbocycles. The summed E-state index contributed by atoms with van der Waals surface area (Å²) in [6.45, 7) is 2.21. The van der Waals surface area contributed by atoms with Gasteiger partial charge in [-0.1, -0.05) is 31.2 Å². The van der Waals surface area contributed by atoms with Crippen molar-refractivity contribution in [1.82, 2.24) is 0 Å². The van der Waals surface area contributed by atoms with Gasteiger partial charge in [0.05, 0.1) is 5.56 Å². The van der Waals surface area contributed by atoms with Gasteiger partial charge in [-0.15, -0.1) is 10.2 Å². The van der Waals surface area contributed by atoms with Crippen LogP contribution in [0.1, 0.15) is 53.4 Å². The number of carbonyl (C=O) groups is 1. The monoisotopic (exact) mass is 471 g/mol. The fraction of sp³-hybridized carbons (Fsp3) is 0.280. The van der Waals surface area contributed by atoms with Gasteiger partial charge in [-0.05, 0) is 55.9 Å². The largest absolute Gasteiger partial charge is 0.478 e. The molecule has 0 fully saturated rings. The Labute approximate surface area is 194 Å². The maximum absolute atomic E-state index is 11.6. The van der Waals surface area contributed by atoms with Gasteiger partial charge in [0.2, 0.25) is 11.4 Å². The molecule has 1 aliphatic carbocycles. The lowest BCUT2D eigenvalue weighted by atomic mass is 9.87. The van der Waals surface area contributed by atoms with Gasteiger partial charge in [0.25, 0.3) is 0 Å². The van der Waals surface area contributed by atoms with Crippen molar-refractivity contribution >= 4 is 5.97 Å². The molecular weight excluding hydrogens is 446 g/mol. The lowest BCUT2D eigenvalue weighted by molar-refractivity contribution is -2.00. The number of carboxylic acids is 1. The number of rotatable bonds is 5. The number of hydrogen-bond acceptors (Lipinski definition) is 5. The summed E-state index contributed by atoms with van der Waals surface area (Å²) in [6.07, 6.45) is 6.75. The molecule has 0 aliphatic heterocycles. The lowest BCUT2D eigenvalue weighted by Crippen LogP contribution is -2.68. The van der Waals surface area contributed by atoms with Crippen LogP contribution in [0.2, 0.25) is 0 Å². The van der Waals surface area contributed by atoms with E-state index in [0.717, 1.165) is 42.6 Å². The van der Waals surface area contributed by atoms with Crippen molar-refractivity contribution in [3.05, 3.63) is 83.0 Å². The molecule has 0 spiro atoms. The molecule has 0 amide bonds. The van der Waals surface area contributed by atoms with E-state index in [1.165, 1.54) is 29.7 Å². The smallest absolute Gasteiger partial charge is 0.335 e. The topological polar surface area (TPSA) is 133 Å². The quantitative estimate of drug-likeness (QED) is 0.535. The van der Waals surface area contributed by atoms with E-state index in [1.807, 2.05) is 18.2 Å². The molecule has 174 valence electrons. The number of aromatic nitrogens is 1. The Hall–Kier alpha value is -2.81. The molecule has 0 saturated heterocycles. The van der Waals surface area contributed by atoms with Crippen molar-refractivity contribution in [3.8, 4) is 16.9 Å². The average molecular weight is 472 g/mol. The first kappa shape index (κ1) is 24.8. The van der Waals surface area contributed by atoms with Crippen LogP contribution < -0.4 is 23.2 Å². The van der Waals surface area contributed by atoms with E-state index in [1.54, 1.807) is 12.1 Å². The predicted molar refractivity (Wildman–Crippen MR) is 111 cm³/mol. The third kappa shape index (κ3) is 6.60. The van der Waals surface area contributed by atoms with E-state index in [-0.39, 0.29) is 0 Å². The highest BCUT2D eigenvalue weighted by atomic mass is 35.7. The third-order valence-electron chi connectivity index (χ3n) is 5.59. The van der Waals surface area contributed by atoms with Crippen LogP contribution in [-0.2, 0) is 19.3 Å². The summed E-state index contributed by atoms with van der Waals surface area (Å²) in [5.41, 5.74) is 7.81. The van der Waals surface area contributed by atoms with Gasteiger partial charge in [-0.2, -0.15) is 4.57 Å². The van der Waals surface area contributed by atoms with E-state index in [0.29, 0.717) is 5.56 Å². The molecule has 0 atom stereocenters. The maximum Gasteiger partial charge on any atom is 0.335 e. The Morgan fingerprint density at radius 2 is 1.64 bits per heavy atom. The van der Waals surface area contributed by atoms with E-state index in [2.05, 4.69) is 41.8 Å². The van der Waals surface area contributed by atoms with Gasteiger partial charge < -0.3 is 5.11 Å². The van der Waals surface area contributed by atoms with Crippen molar-refractivity contribution in [3.63, 3.8) is 0 Å². The van der Waals surface area contributed by atoms with Crippen molar-refractivity contribution in [2.75, 3.05) is 0 Å². The molecule has 1 heterocycles. The molecule has 0 unspecified atom stereocenters. The summed E-state index contributed by atoms with van der Waals surface area (Å²) in [4.78, 5) is 11.6. The number of fused-ring (bicyclic) bond motifs is 1. The zero-order chi connectivity index (χ0) is 24.0. The van der Waals surface area contributed by atoms with Crippen LogP contribution in [0.3, 0.4) is 0 Å². The summed E-state index contributed by atoms with van der Waals surface area (Å²) in [5.74, 6) is -0.890. The molecule has 1 aliphatic rings. The standard InChI is InChI=1S/C25H25NO2.ClHO4/c1-2-9-23-22-15-7-6-12-19(22)17-24(18-10-4-3-5-11-18)26(23)21-14-8-13-20(16-21)25(27)28;2-1(3,4)5/h3-5,8,10-11,13-14,16-17H,2,6-7,9,12,15H2,1H3;(H,2,3,4,5). The first-order valence-corrected chi connectivity index (χ1v) is 12.0. The Kier molecular flexibility index (Phi) is 8.18. The second kappa shape index (κ2) is 10.9. The van der Waals surface area contributed by atoms with Gasteiger partial charge in [0, 0.05) is 35.7 Å². The zero-order valence-corrected chi connectivity index (χ0v) is 19.1. The fourth-order valence-electron chi connectivity index (χ4n) is 4.32. The Balaban J connectivity index is 0.000000555. The van der Waals surface area contributed by atoms with Crippen LogP contribution in [0.25, 0.3) is 16.9 Å². The van der Waals surface area contributed by atoms with Crippen molar-refractivity contribution in [2.45, 2.75) is 45.4 Å². The highest BCUT2D eigenvalue weighted by Crippen LogP contribution is 2.29. The average Bonchev–Trinajstić information content (AvgIpc) is 2.78. The number of pyridine rings is 1. The second-order valence-corrected chi connectivity index (χ2v) is 8.63. The molecule has 8 heteroatoms. The number of aryl methyl sites for hydroxylation is 1. The van der Waals surface area contributed by atoms with Crippen molar-refractivity contribution in [2.24, 2.45) is 0 Å². The molecule has 1 aromatic heterocycles. The predicted octanol–water partition coefficient (Wildman–Crippen LogP) is 0.404. The minimum atomic E-state index is -4.94. The van der Waals surface area contributed by atoms with Gasteiger partial charge >= 0.3 is 5.97 Å². The van der Waals surface area contributed by atoms with Crippen LogP contribution in [0.5, 0.6) is 0 Å². The molecule has 1 N–H and O–H groups in total. The van der Waals surface area contributed by atoms with Crippen LogP contribution >= 0.6 is 0 Å². The van der Waals surface area contributed by atoms with E-state index in [4.69, 9.17) is 18.6 Å². The van der Waals surface area contributed by atoms with E-state index in [9.17, 15) is 9.90 Å². The Bertz CT molecular complexity index is 1110. The first-order chi connectivity index (χ1) is 15.7. The molecule has 33 heavy (non-hydrogen) atoms. The summed E-state index contributed by atoms with van der Waals surface area (Å²) in [6, 6.07) is 20.1. The van der Waals surface area contributed by atoms with Crippen LogP contribution in [-0.4, -0.2) is 11.1 Å². The van der Waals surface area contributed by atoms with E-state index >= 15 is 0 Å². The molecule has 3 aromatic rings. The van der Waals surface area contributed by atoms with Gasteiger partial charge in [0.15, 0.2) is 5.69 Å². The van der Waals surface area contributed by atoms with E-state index < -0.39 is 16.2 Å². The summed E-state index contributed by atoms with van der Waals surface area (Å²) >= 11 is 0. The van der Waals surface area contributed by atoms with Gasteiger partial charge in [0.1, 0.15) is 0 Å². The Morgan fingerprint density at radius 3 is 2.27 bits per heavy atom. The first-order valence-electron chi connectivity index (χ1n) is 10.8. The third-order valence-corrected chi connectivity index (χ3v) is 5.59. The molecule has 7 nitrogen and oxygen atoms in total. The normalized spacial score (nSPS) is 13.0. The van der Waals surface area contributed by atoms with Crippen LogP contribution in [0, 0.1) is 10.2 Å². The summed E-state index contributed by atoms with van der Waals surface area (Å²) in [7, 11) is -4.94. The molecule has 4 rings (SSSR count). The van der Waals surface area contributed by atoms with Crippen LogP contribution in [0.4, 0.5) is 0 Å². The highest BCUT2D eigenvalue weighted by molar-refractivity contribution is 5.88. The molecule has 0 radical (unpaired) electrons. The van der Waals surface area contributed by atoms with Gasteiger partial charge in [-0.25, -0.2) is 23.4 Å². The SMILES string of the molecule is CCCc1c2c(cc(-c3ccccc3)[n+]1-c1cccc(C(=O)O)c1)CCCC2.[O-][Cl+3]([O-])([O-])[O-]. The highest BCUT2D eigenvalue weighted by Gasteiger charge is 2.29. The molecular formula is C25H26ClNO6. The summed E-state index contributed by atoms with van der Waals surface area (Å²) in [5, 5.41) is 9.50. The number of benzene rings is 2. The minimum Gasteiger partial charge on any atom is -0.478 e. The number of carboxylic acid groups (broad SMARTS) is 1. The van der Waals surface area contributed by atoms with Crippen molar-refractivity contribution < 1.29 is 43.3 Å². The number of nitrogens with zero attached hydrogens (tertiary/aromatic N) is 1. The lowest BCUT2D eigenvalue weighted by Gasteiger charge is -2.20. The number of aromatic carboxylic acids is 1. The van der Waals surface area contributed by atoms with Gasteiger partial charge in [-0.3, -0.25) is 0 Å². The second-order valence-electron chi connectivity index (χ2n) is 7.87. The molecule has 2 aromatic carbocycles. The van der Waals surface area contributed by atoms with Crippen molar-refractivity contribution in [1.29, 1.82) is 0 Å². The molecule has 0 bridgehead atoms. The summed E-state index contributed by atoms with van der Waals surface area (Å²) < 4.78 is 36.3. The maximum atomic E-state index is 11.6. The number of hydrogen-bond donors (Lipinski definition) is 1. The van der Waals surface area contributed by atoms with Crippen LogP contribution in [0.15, 0.2) is 60.7 Å².